The van der Waals surface area contributed by atoms with Gasteiger partial charge in [0.25, 0.3) is 20.0 Å². The number of aromatic carboxylic acids is 2. The highest BCUT2D eigenvalue weighted by Crippen LogP contribution is 2.25. The van der Waals surface area contributed by atoms with Crippen molar-refractivity contribution in [1.82, 2.24) is 4.13 Å². The molecule has 27 heavy (non-hydrogen) atoms. The second-order valence-electron chi connectivity index (χ2n) is 5.61. The van der Waals surface area contributed by atoms with E-state index in [1.54, 1.807) is 0 Å². The first-order valence-corrected chi connectivity index (χ1v) is 10.3. The Hall–Kier alpha value is -2.76. The van der Waals surface area contributed by atoms with Gasteiger partial charge in [0.1, 0.15) is 0 Å². The topological polar surface area (TPSA) is 155 Å². The van der Waals surface area contributed by atoms with E-state index in [2.05, 4.69) is 0 Å². The molecule has 0 amide bonds. The monoisotopic (exact) mass is 413 g/mol. The van der Waals surface area contributed by atoms with E-state index in [0.29, 0.717) is 0 Å². The first-order valence-electron chi connectivity index (χ1n) is 7.32. The second kappa shape index (κ2) is 7.10. The maximum absolute atomic E-state index is 12.7. The zero-order chi connectivity index (χ0) is 20.6. The lowest BCUT2D eigenvalue weighted by Gasteiger charge is -2.14. The quantitative estimate of drug-likeness (QED) is 0.641. The minimum atomic E-state index is -4.67. The predicted octanol–water partition coefficient (Wildman–Crippen LogP) is 1.37. The van der Waals surface area contributed by atoms with Gasteiger partial charge in [-0.1, -0.05) is 12.1 Å². The molecular weight excluding hydrogens is 398 g/mol. The van der Waals surface area contributed by atoms with Gasteiger partial charge in [-0.3, -0.25) is 0 Å². The van der Waals surface area contributed by atoms with Crippen molar-refractivity contribution < 1.29 is 36.6 Å². The number of rotatable bonds is 6. The van der Waals surface area contributed by atoms with E-state index in [4.69, 9.17) is 10.2 Å². The van der Waals surface area contributed by atoms with Gasteiger partial charge in [0.05, 0.1) is 20.9 Å². The number of carboxylic acids is 2. The van der Waals surface area contributed by atoms with E-state index in [0.717, 1.165) is 24.3 Å². The van der Waals surface area contributed by atoms with Crippen molar-refractivity contribution in [3.05, 3.63) is 58.7 Å². The van der Waals surface area contributed by atoms with Crippen molar-refractivity contribution in [2.75, 3.05) is 0 Å². The molecule has 0 atom stereocenters. The molecule has 0 saturated heterocycles. The smallest absolute Gasteiger partial charge is 0.335 e. The van der Waals surface area contributed by atoms with Crippen molar-refractivity contribution in [3.63, 3.8) is 0 Å². The minimum absolute atomic E-state index is 0.121. The number of benzene rings is 2. The molecule has 2 aromatic carbocycles. The lowest BCUT2D eigenvalue weighted by atomic mass is 10.1. The van der Waals surface area contributed by atoms with Crippen LogP contribution in [0.1, 0.15) is 31.8 Å². The van der Waals surface area contributed by atoms with Gasteiger partial charge >= 0.3 is 11.9 Å². The number of sulfonamides is 2. The summed E-state index contributed by atoms with van der Waals surface area (Å²) >= 11 is 0. The number of nitrogens with one attached hydrogen (secondary N) is 1. The molecule has 0 unspecified atom stereocenters. The fourth-order valence-electron chi connectivity index (χ4n) is 2.50. The van der Waals surface area contributed by atoms with Gasteiger partial charge < -0.3 is 10.2 Å². The van der Waals surface area contributed by atoms with E-state index in [9.17, 15) is 26.4 Å². The molecule has 0 heterocycles. The average Bonchev–Trinajstić information content (AvgIpc) is 2.53. The highest BCUT2D eigenvalue weighted by atomic mass is 32.3. The van der Waals surface area contributed by atoms with Crippen LogP contribution >= 0.6 is 0 Å². The molecule has 0 bridgehead atoms. The lowest BCUT2D eigenvalue weighted by molar-refractivity contribution is 0.0685. The van der Waals surface area contributed by atoms with Gasteiger partial charge in [-0.2, -0.15) is 0 Å². The van der Waals surface area contributed by atoms with Crippen LogP contribution in [0.25, 0.3) is 0 Å². The van der Waals surface area contributed by atoms with Gasteiger partial charge in [0.2, 0.25) is 0 Å². The maximum atomic E-state index is 12.7. The summed E-state index contributed by atoms with van der Waals surface area (Å²) in [7, 11) is -9.30. The first kappa shape index (κ1) is 20.6. The fourth-order valence-corrected chi connectivity index (χ4v) is 5.92. The molecule has 144 valence electrons. The first-order chi connectivity index (χ1) is 12.4. The van der Waals surface area contributed by atoms with Crippen LogP contribution in [0.2, 0.25) is 0 Å². The summed E-state index contributed by atoms with van der Waals surface area (Å²) in [5.41, 5.74) is -0.592. The van der Waals surface area contributed by atoms with Crippen LogP contribution in [0, 0.1) is 13.8 Å². The van der Waals surface area contributed by atoms with Crippen molar-refractivity contribution in [1.29, 1.82) is 0 Å². The largest absolute Gasteiger partial charge is 0.478 e. The molecule has 9 nitrogen and oxygen atoms in total. The Balaban J connectivity index is 2.57. The van der Waals surface area contributed by atoms with Gasteiger partial charge in [-0.15, -0.1) is 4.13 Å². The van der Waals surface area contributed by atoms with Gasteiger partial charge in [-0.05, 0) is 49.2 Å². The van der Waals surface area contributed by atoms with Crippen molar-refractivity contribution >= 4 is 32.0 Å². The van der Waals surface area contributed by atoms with Crippen LogP contribution in [-0.4, -0.2) is 39.0 Å². The van der Waals surface area contributed by atoms with E-state index < -0.39 is 41.8 Å². The Bertz CT molecular complexity index is 1150. The molecule has 0 aliphatic heterocycles. The normalized spacial score (nSPS) is 11.9. The SMILES string of the molecule is Cc1ccc(C(=O)O)c(C)c1S(=O)(=O)NS(=O)(=O)c1cccc(C(=O)O)c1. The highest BCUT2D eigenvalue weighted by Gasteiger charge is 2.29. The highest BCUT2D eigenvalue weighted by molar-refractivity contribution is 8.04. The standard InChI is InChI=1S/C16H15NO8S2/c1-9-6-7-13(16(20)21)10(2)14(9)27(24,25)17-26(22,23)12-5-3-4-11(8-12)15(18)19/h3-8,17H,1-2H3,(H,18,19)(H,20,21). The van der Waals surface area contributed by atoms with Crippen LogP contribution in [0.15, 0.2) is 46.2 Å². The molecule has 3 N–H and O–H groups in total. The number of carboxylic acid groups (broad SMARTS) is 2. The second-order valence-corrected chi connectivity index (χ2v) is 9.17. The fraction of sp³-hybridized carbons (Fsp3) is 0.125. The molecule has 11 heteroatoms. The van der Waals surface area contributed by atoms with Crippen LogP contribution in [-0.2, 0) is 20.0 Å². The van der Waals surface area contributed by atoms with Gasteiger partial charge in [0.15, 0.2) is 0 Å². The molecule has 0 aromatic heterocycles. The molecule has 0 aliphatic carbocycles. The zero-order valence-electron chi connectivity index (χ0n) is 14.1. The Labute approximate surface area is 155 Å². The van der Waals surface area contributed by atoms with E-state index >= 15 is 0 Å². The summed E-state index contributed by atoms with van der Waals surface area (Å²) in [6, 6.07) is 6.64. The van der Waals surface area contributed by atoms with Gasteiger partial charge in [-0.25, -0.2) is 26.4 Å². The third-order valence-electron chi connectivity index (χ3n) is 3.71. The molecule has 0 spiro atoms. The summed E-state index contributed by atoms with van der Waals surface area (Å²) in [6.07, 6.45) is 0. The van der Waals surface area contributed by atoms with Crippen molar-refractivity contribution in [3.8, 4) is 0 Å². The number of carbonyl (C=O) groups is 2. The Morgan fingerprint density at radius 1 is 0.889 bits per heavy atom. The summed E-state index contributed by atoms with van der Waals surface area (Å²) in [4.78, 5) is 21.2. The van der Waals surface area contributed by atoms with Crippen LogP contribution in [0.3, 0.4) is 0 Å². The van der Waals surface area contributed by atoms with E-state index in [-0.39, 0.29) is 22.3 Å². The molecule has 0 radical (unpaired) electrons. The lowest BCUT2D eigenvalue weighted by Crippen LogP contribution is -2.32. The number of hydrogen-bond donors (Lipinski definition) is 3. The van der Waals surface area contributed by atoms with Crippen LogP contribution < -0.4 is 4.13 Å². The van der Waals surface area contributed by atoms with E-state index in [1.165, 1.54) is 30.1 Å². The third kappa shape index (κ3) is 4.15. The summed E-state index contributed by atoms with van der Waals surface area (Å²) in [6.45, 7) is 2.65. The molecule has 2 rings (SSSR count). The summed E-state index contributed by atoms with van der Waals surface area (Å²) < 4.78 is 51.7. The van der Waals surface area contributed by atoms with Crippen LogP contribution in [0.5, 0.6) is 0 Å². The Morgan fingerprint density at radius 2 is 1.52 bits per heavy atom. The van der Waals surface area contributed by atoms with Crippen LogP contribution in [0.4, 0.5) is 0 Å². The predicted molar refractivity (Wildman–Crippen MR) is 93.8 cm³/mol. The summed E-state index contributed by atoms with van der Waals surface area (Å²) in [5, 5.41) is 18.1. The van der Waals surface area contributed by atoms with E-state index in [1.807, 2.05) is 0 Å². The number of hydrogen-bond acceptors (Lipinski definition) is 6. The van der Waals surface area contributed by atoms with Gasteiger partial charge in [0, 0.05) is 0 Å². The minimum Gasteiger partial charge on any atom is -0.478 e. The zero-order valence-corrected chi connectivity index (χ0v) is 15.8. The maximum Gasteiger partial charge on any atom is 0.335 e. The Morgan fingerprint density at radius 3 is 2.07 bits per heavy atom. The molecule has 0 fully saturated rings. The third-order valence-corrected chi connectivity index (χ3v) is 7.51. The molecule has 2 aromatic rings. The average molecular weight is 413 g/mol. The number of aryl methyl sites for hydroxylation is 1. The Kier molecular flexibility index (Phi) is 5.40. The molecular formula is C16H15NO8S2. The van der Waals surface area contributed by atoms with Crippen molar-refractivity contribution in [2.45, 2.75) is 23.6 Å². The summed E-state index contributed by atoms with van der Waals surface area (Å²) in [5.74, 6) is -2.74. The molecule has 0 aliphatic rings. The molecule has 0 saturated carbocycles. The van der Waals surface area contributed by atoms with Crippen molar-refractivity contribution in [2.24, 2.45) is 0 Å².